The van der Waals surface area contributed by atoms with Crippen LogP contribution < -0.4 is 24.6 Å². The number of benzene rings is 3. The van der Waals surface area contributed by atoms with E-state index in [1.807, 2.05) is 44.2 Å². The topological polar surface area (TPSA) is 77.1 Å². The molecule has 0 atom stereocenters. The molecule has 0 aromatic heterocycles. The monoisotopic (exact) mass is 536 g/mol. The molecule has 1 aliphatic rings. The second kappa shape index (κ2) is 11.1. The first-order valence-corrected chi connectivity index (χ1v) is 12.0. The van der Waals surface area contributed by atoms with Crippen LogP contribution in [0, 0.1) is 6.92 Å². The van der Waals surface area contributed by atoms with E-state index in [0.29, 0.717) is 47.0 Å². The van der Waals surface area contributed by atoms with Gasteiger partial charge in [0.1, 0.15) is 24.5 Å². The summed E-state index contributed by atoms with van der Waals surface area (Å²) in [7, 11) is 0. The van der Waals surface area contributed by atoms with Crippen LogP contribution in [0.2, 0.25) is 0 Å². The van der Waals surface area contributed by atoms with E-state index in [1.165, 1.54) is 16.6 Å². The number of hydrogen-bond donors (Lipinski definition) is 1. The van der Waals surface area contributed by atoms with Gasteiger partial charge in [-0.05, 0) is 77.8 Å². The number of nitrogens with zero attached hydrogens (tertiary/aromatic N) is 1. The number of carbonyl (C=O) groups excluding carboxylic acids is 2. The van der Waals surface area contributed by atoms with E-state index in [-0.39, 0.29) is 5.57 Å². The molecule has 0 bridgehead atoms. The van der Waals surface area contributed by atoms with Gasteiger partial charge in [0, 0.05) is 0 Å². The minimum atomic E-state index is -0.471. The van der Waals surface area contributed by atoms with Gasteiger partial charge in [-0.3, -0.25) is 15.0 Å². The van der Waals surface area contributed by atoms with Gasteiger partial charge in [0.05, 0.1) is 16.8 Å². The highest BCUT2D eigenvalue weighted by Gasteiger charge is 2.34. The molecule has 2 amide bonds. The number of halogens is 1. The highest BCUT2D eigenvalue weighted by Crippen LogP contribution is 2.38. The second-order valence-electron chi connectivity index (χ2n) is 7.75. The number of nitrogens with one attached hydrogen (secondary N) is 1. The van der Waals surface area contributed by atoms with Gasteiger partial charge in [-0.15, -0.1) is 0 Å². The number of anilines is 1. The van der Waals surface area contributed by atoms with Crippen LogP contribution in [0.1, 0.15) is 18.1 Å². The summed E-state index contributed by atoms with van der Waals surface area (Å²) in [5.74, 6) is 0.893. The van der Waals surface area contributed by atoms with Crippen LogP contribution in [0.15, 0.2) is 76.8 Å². The summed E-state index contributed by atoms with van der Waals surface area (Å²) in [6.45, 7) is 4.98. The van der Waals surface area contributed by atoms with Gasteiger partial charge in [-0.1, -0.05) is 35.9 Å². The largest absolute Gasteiger partial charge is 0.490 e. The van der Waals surface area contributed by atoms with Gasteiger partial charge in [-0.2, -0.15) is 0 Å². The molecule has 0 unspecified atom stereocenters. The Morgan fingerprint density at radius 3 is 2.37 bits per heavy atom. The fourth-order valence-electron chi connectivity index (χ4n) is 3.49. The van der Waals surface area contributed by atoms with Crippen molar-refractivity contribution in [1.82, 2.24) is 5.43 Å². The standard InChI is InChI=1S/C27H25BrN2O5/c1-3-33-24-17-19(15-22-26(31)29-30(27(22)32)20-7-5-4-6-8-20)16-23(28)25(24)35-14-13-34-21-11-9-18(2)10-12-21/h4-12,15-17H,3,13-14H2,1-2H3,(H,29,31)/b22-15+. The van der Waals surface area contributed by atoms with Crippen LogP contribution in [0.5, 0.6) is 17.2 Å². The first-order valence-electron chi connectivity index (χ1n) is 11.2. The number of aryl methyl sites for hydroxylation is 1. The highest BCUT2D eigenvalue weighted by molar-refractivity contribution is 9.10. The van der Waals surface area contributed by atoms with Crippen molar-refractivity contribution in [1.29, 1.82) is 0 Å². The zero-order valence-corrected chi connectivity index (χ0v) is 21.0. The van der Waals surface area contributed by atoms with Crippen LogP contribution in [0.3, 0.4) is 0 Å². The lowest BCUT2D eigenvalue weighted by atomic mass is 10.1. The summed E-state index contributed by atoms with van der Waals surface area (Å²) < 4.78 is 18.1. The van der Waals surface area contributed by atoms with Crippen LogP contribution in [0.4, 0.5) is 5.69 Å². The van der Waals surface area contributed by atoms with Crippen molar-refractivity contribution in [2.24, 2.45) is 0 Å². The molecule has 0 saturated carbocycles. The van der Waals surface area contributed by atoms with Crippen molar-refractivity contribution < 1.29 is 23.8 Å². The Morgan fingerprint density at radius 1 is 0.943 bits per heavy atom. The first-order chi connectivity index (χ1) is 17.0. The smallest absolute Gasteiger partial charge is 0.282 e. The molecule has 1 aliphatic heterocycles. The number of rotatable bonds is 9. The van der Waals surface area contributed by atoms with Crippen molar-refractivity contribution >= 4 is 39.5 Å². The lowest BCUT2D eigenvalue weighted by Crippen LogP contribution is -2.35. The second-order valence-corrected chi connectivity index (χ2v) is 8.60. The molecule has 1 N–H and O–H groups in total. The maximum Gasteiger partial charge on any atom is 0.282 e. The number of hydrogen-bond acceptors (Lipinski definition) is 5. The Balaban J connectivity index is 1.49. The summed E-state index contributed by atoms with van der Waals surface area (Å²) in [6, 6.07) is 20.3. The Labute approximate surface area is 212 Å². The van der Waals surface area contributed by atoms with Crippen molar-refractivity contribution in [3.05, 3.63) is 87.9 Å². The minimum Gasteiger partial charge on any atom is -0.490 e. The fourth-order valence-corrected chi connectivity index (χ4v) is 4.07. The van der Waals surface area contributed by atoms with Gasteiger partial charge in [0.2, 0.25) is 0 Å². The molecule has 0 aliphatic carbocycles. The van der Waals surface area contributed by atoms with E-state index in [9.17, 15) is 9.59 Å². The maximum atomic E-state index is 12.9. The van der Waals surface area contributed by atoms with Crippen LogP contribution in [-0.2, 0) is 9.59 Å². The molecule has 7 nitrogen and oxygen atoms in total. The number of carbonyl (C=O) groups is 2. The number of amides is 2. The van der Waals surface area contributed by atoms with Gasteiger partial charge in [0.25, 0.3) is 11.8 Å². The first kappa shape index (κ1) is 24.3. The molecule has 4 rings (SSSR count). The molecule has 1 saturated heterocycles. The van der Waals surface area contributed by atoms with Gasteiger partial charge in [0.15, 0.2) is 11.5 Å². The predicted molar refractivity (Wildman–Crippen MR) is 138 cm³/mol. The molecular weight excluding hydrogens is 512 g/mol. The third kappa shape index (κ3) is 5.84. The van der Waals surface area contributed by atoms with Crippen molar-refractivity contribution in [3.63, 3.8) is 0 Å². The predicted octanol–water partition coefficient (Wildman–Crippen LogP) is 5.08. The number of ether oxygens (including phenoxy) is 3. The van der Waals surface area contributed by atoms with Gasteiger partial charge in [-0.25, -0.2) is 5.01 Å². The molecule has 1 heterocycles. The molecule has 0 spiro atoms. The molecule has 1 fully saturated rings. The van der Waals surface area contributed by atoms with Crippen LogP contribution >= 0.6 is 15.9 Å². The van der Waals surface area contributed by atoms with Crippen molar-refractivity contribution in [3.8, 4) is 17.2 Å². The molecule has 180 valence electrons. The lowest BCUT2D eigenvalue weighted by Gasteiger charge is -2.15. The third-order valence-corrected chi connectivity index (χ3v) is 5.76. The zero-order chi connectivity index (χ0) is 24.8. The Bertz CT molecular complexity index is 1240. The van der Waals surface area contributed by atoms with Crippen LogP contribution in [-0.4, -0.2) is 31.6 Å². The van der Waals surface area contributed by atoms with E-state index in [0.717, 1.165) is 5.75 Å². The molecule has 3 aromatic carbocycles. The van der Waals surface area contributed by atoms with E-state index >= 15 is 0 Å². The van der Waals surface area contributed by atoms with Crippen molar-refractivity contribution in [2.45, 2.75) is 13.8 Å². The average Bonchev–Trinajstić information content (AvgIpc) is 3.13. The highest BCUT2D eigenvalue weighted by atomic mass is 79.9. The number of para-hydroxylation sites is 1. The fraction of sp³-hybridized carbons (Fsp3) is 0.185. The number of hydrazine groups is 1. The normalized spacial score (nSPS) is 14.3. The van der Waals surface area contributed by atoms with E-state index in [1.54, 1.807) is 36.4 Å². The molecular formula is C27H25BrN2O5. The Morgan fingerprint density at radius 2 is 1.66 bits per heavy atom. The zero-order valence-electron chi connectivity index (χ0n) is 19.4. The summed E-state index contributed by atoms with van der Waals surface area (Å²) in [5.41, 5.74) is 5.01. The summed E-state index contributed by atoms with van der Waals surface area (Å²) in [6.07, 6.45) is 1.54. The van der Waals surface area contributed by atoms with Crippen LogP contribution in [0.25, 0.3) is 6.08 Å². The minimum absolute atomic E-state index is 0.0309. The summed E-state index contributed by atoms with van der Waals surface area (Å²) >= 11 is 3.53. The molecule has 0 radical (unpaired) electrons. The molecule has 35 heavy (non-hydrogen) atoms. The summed E-state index contributed by atoms with van der Waals surface area (Å²) in [4.78, 5) is 25.4. The molecule has 3 aromatic rings. The quantitative estimate of drug-likeness (QED) is 0.234. The SMILES string of the molecule is CCOc1cc(/C=C2\C(=O)NN(c3ccccc3)C2=O)cc(Br)c1OCCOc1ccc(C)cc1. The Hall–Kier alpha value is -3.78. The van der Waals surface area contributed by atoms with E-state index in [2.05, 4.69) is 21.4 Å². The van der Waals surface area contributed by atoms with E-state index in [4.69, 9.17) is 14.2 Å². The molecule has 8 heteroatoms. The Kier molecular flexibility index (Phi) is 7.72. The third-order valence-electron chi connectivity index (χ3n) is 5.17. The van der Waals surface area contributed by atoms with Crippen molar-refractivity contribution in [2.75, 3.05) is 24.8 Å². The lowest BCUT2D eigenvalue weighted by molar-refractivity contribution is -0.117. The van der Waals surface area contributed by atoms with E-state index < -0.39 is 11.8 Å². The maximum absolute atomic E-state index is 12.9. The summed E-state index contributed by atoms with van der Waals surface area (Å²) in [5, 5.41) is 1.23. The van der Waals surface area contributed by atoms with Gasteiger partial charge < -0.3 is 14.2 Å². The average molecular weight is 537 g/mol. The van der Waals surface area contributed by atoms with Gasteiger partial charge >= 0.3 is 0 Å².